The minimum Gasteiger partial charge on any atom is -0.508 e. The smallest absolute Gasteiger partial charge is 0.203 e. The Balaban J connectivity index is 0.000000190. The third-order valence-corrected chi connectivity index (χ3v) is 12.7. The fourth-order valence-electron chi connectivity index (χ4n) is 9.23. The molecule has 0 saturated carbocycles. The van der Waals surface area contributed by atoms with Gasteiger partial charge in [0.2, 0.25) is 11.5 Å². The van der Waals surface area contributed by atoms with E-state index < -0.39 is 68.1 Å². The van der Waals surface area contributed by atoms with E-state index in [1.54, 1.807) is 55.5 Å². The maximum absolute atomic E-state index is 10.8. The molecule has 4 heterocycles. The van der Waals surface area contributed by atoms with Gasteiger partial charge in [-0.15, -0.1) is 0 Å². The summed E-state index contributed by atoms with van der Waals surface area (Å²) in [5.74, 6) is 0.714. The molecule has 9 unspecified atom stereocenters. The summed E-state index contributed by atoms with van der Waals surface area (Å²) in [6.45, 7) is 2.76. The van der Waals surface area contributed by atoms with E-state index in [0.717, 1.165) is 5.56 Å². The molecule has 0 saturated heterocycles. The Morgan fingerprint density at radius 1 is 0.472 bits per heavy atom. The number of rotatable bonds is 8. The molecule has 0 spiro atoms. The highest BCUT2D eigenvalue weighted by Crippen LogP contribution is 2.52. The largest absolute Gasteiger partial charge is 0.508 e. The number of fused-ring (bicyclic) bond motifs is 4. The number of aliphatic hydroxyl groups excluding tert-OH is 5. The highest BCUT2D eigenvalue weighted by Gasteiger charge is 2.42. The van der Waals surface area contributed by atoms with Crippen LogP contribution in [0.2, 0.25) is 0 Å². The van der Waals surface area contributed by atoms with Gasteiger partial charge in [-0.2, -0.15) is 0 Å². The van der Waals surface area contributed by atoms with Crippen molar-refractivity contribution in [3.63, 3.8) is 0 Å². The van der Waals surface area contributed by atoms with E-state index in [-0.39, 0.29) is 99.7 Å². The summed E-state index contributed by atoms with van der Waals surface area (Å²) >= 11 is 0. The number of aryl methyl sites for hydroxylation is 2. The fraction of sp³-hybridized carbons (Fsp3) is 0.321. The summed E-state index contributed by atoms with van der Waals surface area (Å²) in [6.07, 6.45) is -8.94. The molecule has 0 bridgehead atoms. The summed E-state index contributed by atoms with van der Waals surface area (Å²) in [4.78, 5) is 0. The van der Waals surface area contributed by atoms with Gasteiger partial charge in [-0.3, -0.25) is 0 Å². The van der Waals surface area contributed by atoms with Crippen LogP contribution in [0, 0.1) is 13.8 Å². The zero-order valence-corrected chi connectivity index (χ0v) is 38.6. The first-order valence-corrected chi connectivity index (χ1v) is 22.4. The normalized spacial score (nSPS) is 23.3. The Hall–Kier alpha value is -7.68. The molecule has 6 aromatic carbocycles. The lowest BCUT2D eigenvalue weighted by Crippen LogP contribution is -2.37. The summed E-state index contributed by atoms with van der Waals surface area (Å²) < 4.78 is 46.3. The molecule has 0 radical (unpaired) electrons. The second kappa shape index (κ2) is 20.2. The molecule has 382 valence electrons. The number of benzene rings is 6. The molecule has 9 atom stereocenters. The van der Waals surface area contributed by atoms with Gasteiger partial charge in [0.15, 0.2) is 82.6 Å². The highest BCUT2D eigenvalue weighted by molar-refractivity contribution is 5.59. The van der Waals surface area contributed by atoms with E-state index in [1.165, 1.54) is 50.6 Å². The van der Waals surface area contributed by atoms with Gasteiger partial charge in [-0.05, 0) is 97.8 Å². The standard InChI is InChI=1S/C26H26O10.C26H26O9.CH4/c1-11-5-15(29)21-18(6-11)34-25(23(32)22(21)31)13-7-16(30)26-19(9-13)35-24(20(10-27)36-26)12-3-4-14(28)17(8-12)33-2;1-12-5-17(29)15-10-19(31)24(33-20(15)6-12)14-7-18(30)26-22(9-14)34-25(23(11-27)35-26)13-3-4-16(28)21(8-13)32-2;/h3-9,20,22-25,27-32H,10H2,1-2H3;3-9,19,23-25,27-31H,10-11H2,1-2H3;1H4. The molecule has 19 heteroatoms. The Morgan fingerprint density at radius 3 is 1.43 bits per heavy atom. The van der Waals surface area contributed by atoms with Gasteiger partial charge in [0.1, 0.15) is 35.2 Å². The van der Waals surface area contributed by atoms with Crippen LogP contribution in [0.5, 0.6) is 80.5 Å². The molecule has 11 N–H and O–H groups in total. The SMILES string of the molecule is C.COc1cc(C2Oc3cc(C4Oc5cc(C)cc(O)c5C(O)C4O)cc(O)c3OC2CO)ccc1O.COc1cc(C2Oc3cc(C4Oc5cc(C)cc(O)c5CC4O)cc(O)c3OC2CO)ccc1O. The topological polar surface area (TPSA) is 296 Å². The maximum atomic E-state index is 10.8. The van der Waals surface area contributed by atoms with Crippen molar-refractivity contribution in [3.8, 4) is 80.5 Å². The van der Waals surface area contributed by atoms with E-state index in [4.69, 9.17) is 37.9 Å². The molecule has 19 nitrogen and oxygen atoms in total. The Kier molecular flexibility index (Phi) is 14.2. The monoisotopic (exact) mass is 996 g/mol. The molecule has 0 aromatic heterocycles. The molecule has 0 fully saturated rings. The molecule has 72 heavy (non-hydrogen) atoms. The van der Waals surface area contributed by atoms with E-state index in [0.29, 0.717) is 33.6 Å². The third-order valence-electron chi connectivity index (χ3n) is 12.7. The van der Waals surface area contributed by atoms with Crippen LogP contribution in [-0.4, -0.2) is 108 Å². The summed E-state index contributed by atoms with van der Waals surface area (Å²) in [7, 11) is 2.83. The second-order valence-electron chi connectivity index (χ2n) is 17.6. The molecule has 4 aliphatic rings. The van der Waals surface area contributed by atoms with Crippen molar-refractivity contribution >= 4 is 0 Å². The summed E-state index contributed by atoms with van der Waals surface area (Å²) in [5, 5.41) is 114. The van der Waals surface area contributed by atoms with Crippen molar-refractivity contribution in [2.45, 2.75) is 82.6 Å². The van der Waals surface area contributed by atoms with Crippen LogP contribution in [0.3, 0.4) is 0 Å². The molecular weight excluding hydrogens is 941 g/mol. The molecule has 4 aliphatic heterocycles. The lowest BCUT2D eigenvalue weighted by molar-refractivity contribution is -0.0713. The lowest BCUT2D eigenvalue weighted by Gasteiger charge is -2.37. The predicted octanol–water partition coefficient (Wildman–Crippen LogP) is 6.19. The van der Waals surface area contributed by atoms with Crippen LogP contribution >= 0.6 is 0 Å². The van der Waals surface area contributed by atoms with E-state index >= 15 is 0 Å². The van der Waals surface area contributed by atoms with Crippen molar-refractivity contribution in [3.05, 3.63) is 129 Å². The van der Waals surface area contributed by atoms with Crippen molar-refractivity contribution in [2.24, 2.45) is 0 Å². The highest BCUT2D eigenvalue weighted by atomic mass is 16.6. The van der Waals surface area contributed by atoms with Crippen LogP contribution in [0.15, 0.2) is 84.9 Å². The van der Waals surface area contributed by atoms with E-state index in [9.17, 15) is 56.2 Å². The fourth-order valence-corrected chi connectivity index (χ4v) is 9.23. The minimum absolute atomic E-state index is 0. The molecular formula is C53H56O19. The van der Waals surface area contributed by atoms with Crippen molar-refractivity contribution in [2.75, 3.05) is 27.4 Å². The second-order valence-corrected chi connectivity index (χ2v) is 17.6. The van der Waals surface area contributed by atoms with Crippen LogP contribution < -0.4 is 37.9 Å². The summed E-state index contributed by atoms with van der Waals surface area (Å²) in [6, 6.07) is 21.6. The van der Waals surface area contributed by atoms with Crippen LogP contribution in [0.4, 0.5) is 0 Å². The first kappa shape index (κ1) is 50.7. The minimum atomic E-state index is -1.46. The number of phenolic OH excluding ortho intramolecular Hbond substituents is 6. The molecule has 6 aromatic rings. The quantitative estimate of drug-likeness (QED) is 0.0810. The van der Waals surface area contributed by atoms with Gasteiger partial charge in [0.05, 0.1) is 39.1 Å². The number of aliphatic hydroxyl groups is 5. The van der Waals surface area contributed by atoms with Gasteiger partial charge in [-0.1, -0.05) is 19.6 Å². The average Bonchev–Trinajstić information content (AvgIpc) is 3.34. The summed E-state index contributed by atoms with van der Waals surface area (Å²) in [5.41, 5.74) is 3.98. The lowest BCUT2D eigenvalue weighted by atomic mass is 9.90. The van der Waals surface area contributed by atoms with Crippen molar-refractivity contribution in [1.29, 1.82) is 0 Å². The van der Waals surface area contributed by atoms with Crippen LogP contribution in [-0.2, 0) is 6.42 Å². The van der Waals surface area contributed by atoms with Gasteiger partial charge >= 0.3 is 0 Å². The van der Waals surface area contributed by atoms with Crippen molar-refractivity contribution < 1.29 is 94.1 Å². The average molecular weight is 997 g/mol. The zero-order valence-electron chi connectivity index (χ0n) is 38.6. The number of ether oxygens (including phenoxy) is 8. The molecule has 0 aliphatic carbocycles. The molecule has 10 rings (SSSR count). The van der Waals surface area contributed by atoms with Gasteiger partial charge in [-0.25, -0.2) is 0 Å². The first-order chi connectivity index (χ1) is 34.0. The number of phenols is 6. The molecule has 0 amide bonds. The van der Waals surface area contributed by atoms with Crippen LogP contribution in [0.1, 0.15) is 82.5 Å². The number of aromatic hydroxyl groups is 6. The number of hydrogen-bond donors (Lipinski definition) is 11. The first-order valence-electron chi connectivity index (χ1n) is 22.4. The van der Waals surface area contributed by atoms with Gasteiger partial charge in [0, 0.05) is 34.2 Å². The third kappa shape index (κ3) is 9.35. The maximum Gasteiger partial charge on any atom is 0.203 e. The van der Waals surface area contributed by atoms with Crippen LogP contribution in [0.25, 0.3) is 0 Å². The Bertz CT molecular complexity index is 2980. The van der Waals surface area contributed by atoms with E-state index in [1.807, 2.05) is 6.92 Å². The predicted molar refractivity (Wildman–Crippen MR) is 255 cm³/mol. The number of methoxy groups -OCH3 is 2. The Labute approximate surface area is 413 Å². The van der Waals surface area contributed by atoms with Gasteiger partial charge < -0.3 is 94.1 Å². The number of hydrogen-bond acceptors (Lipinski definition) is 19. The zero-order chi connectivity index (χ0) is 50.6. The van der Waals surface area contributed by atoms with Gasteiger partial charge in [0.25, 0.3) is 0 Å². The van der Waals surface area contributed by atoms with Crippen molar-refractivity contribution in [1.82, 2.24) is 0 Å². The Morgan fingerprint density at radius 2 is 0.931 bits per heavy atom. The van der Waals surface area contributed by atoms with E-state index in [2.05, 4.69) is 0 Å².